The van der Waals surface area contributed by atoms with Crippen LogP contribution < -0.4 is 15.8 Å². The summed E-state index contributed by atoms with van der Waals surface area (Å²) in [5.41, 5.74) is 3.33. The number of fused-ring (bicyclic) bond motifs is 3. The molecule has 40 heavy (non-hydrogen) atoms. The molecule has 1 unspecified atom stereocenters. The lowest BCUT2D eigenvalue weighted by Gasteiger charge is -2.51. The number of anilines is 1. The summed E-state index contributed by atoms with van der Waals surface area (Å²) in [4.78, 5) is 9.97. The van der Waals surface area contributed by atoms with Crippen LogP contribution in [0.25, 0.3) is 5.65 Å². The minimum absolute atomic E-state index is 0.0570. The van der Waals surface area contributed by atoms with Gasteiger partial charge in [0.25, 0.3) is 0 Å². The third-order valence-electron chi connectivity index (χ3n) is 8.03. The highest BCUT2D eigenvalue weighted by Crippen LogP contribution is 2.44. The van der Waals surface area contributed by atoms with Crippen molar-refractivity contribution in [2.75, 3.05) is 25.0 Å². The topological polar surface area (TPSA) is 113 Å². The number of pyridine rings is 1. The SMILES string of the molecule is CC(C)(O)c1ccc(OCC(F)(F)F)n2nc(N[C@H]3[C@H]4CC[C@]3(N)CN(C3(C)C=CN=C(C(F)(F)F)C3)C4)nc12. The summed E-state index contributed by atoms with van der Waals surface area (Å²) in [5.74, 6) is -0.178. The molecule has 1 saturated heterocycles. The highest BCUT2D eigenvalue weighted by atomic mass is 19.4. The summed E-state index contributed by atoms with van der Waals surface area (Å²) in [6.07, 6.45) is -5.20. The van der Waals surface area contributed by atoms with E-state index >= 15 is 0 Å². The minimum Gasteiger partial charge on any atom is -0.468 e. The van der Waals surface area contributed by atoms with Crippen molar-refractivity contribution in [1.29, 1.82) is 0 Å². The molecule has 0 spiro atoms. The molecule has 220 valence electrons. The number of halogens is 6. The van der Waals surface area contributed by atoms with Crippen molar-refractivity contribution in [2.24, 2.45) is 16.6 Å². The van der Waals surface area contributed by atoms with Crippen LogP contribution in [0.15, 0.2) is 29.4 Å². The summed E-state index contributed by atoms with van der Waals surface area (Å²) in [6, 6.07) is 2.37. The van der Waals surface area contributed by atoms with E-state index in [4.69, 9.17) is 10.5 Å². The molecule has 0 amide bonds. The number of ether oxygens (including phenoxy) is 1. The van der Waals surface area contributed by atoms with Crippen LogP contribution in [0.1, 0.15) is 45.6 Å². The van der Waals surface area contributed by atoms with E-state index in [-0.39, 0.29) is 35.9 Å². The first-order valence-corrected chi connectivity index (χ1v) is 12.8. The molecule has 1 aliphatic carbocycles. The largest absolute Gasteiger partial charge is 0.468 e. The first-order chi connectivity index (χ1) is 18.4. The summed E-state index contributed by atoms with van der Waals surface area (Å²) >= 11 is 0. The Kier molecular flexibility index (Phi) is 6.66. The molecule has 4 atom stereocenters. The number of aliphatic hydroxyl groups is 1. The normalized spacial score (nSPS) is 29.6. The molecule has 3 aliphatic rings. The highest BCUT2D eigenvalue weighted by Gasteiger charge is 2.55. The minimum atomic E-state index is -4.57. The van der Waals surface area contributed by atoms with Crippen LogP contribution in [0.2, 0.25) is 0 Å². The van der Waals surface area contributed by atoms with Crippen molar-refractivity contribution in [2.45, 2.75) is 75.1 Å². The van der Waals surface area contributed by atoms with E-state index < -0.39 is 41.4 Å². The zero-order valence-corrected chi connectivity index (χ0v) is 22.1. The van der Waals surface area contributed by atoms with Crippen molar-refractivity contribution in [3.05, 3.63) is 30.0 Å². The summed E-state index contributed by atoms with van der Waals surface area (Å²) in [5, 5.41) is 18.2. The molecular weight excluding hydrogens is 544 g/mol. The molecular formula is C25H31F6N7O2. The third-order valence-corrected chi connectivity index (χ3v) is 8.03. The van der Waals surface area contributed by atoms with Gasteiger partial charge in [0, 0.05) is 48.4 Å². The van der Waals surface area contributed by atoms with E-state index in [1.54, 1.807) is 13.0 Å². The quantitative estimate of drug-likeness (QED) is 0.450. The maximum atomic E-state index is 13.4. The predicted molar refractivity (Wildman–Crippen MR) is 134 cm³/mol. The maximum Gasteiger partial charge on any atom is 0.429 e. The number of nitrogens with zero attached hydrogens (tertiary/aromatic N) is 5. The van der Waals surface area contributed by atoms with Gasteiger partial charge in [0.1, 0.15) is 5.71 Å². The second-order valence-corrected chi connectivity index (χ2v) is 11.7. The number of nitrogens with two attached hydrogens (primary N) is 1. The van der Waals surface area contributed by atoms with E-state index in [9.17, 15) is 31.4 Å². The van der Waals surface area contributed by atoms with Crippen molar-refractivity contribution >= 4 is 17.3 Å². The number of likely N-dealkylation sites (tertiary alicyclic amines) is 1. The van der Waals surface area contributed by atoms with E-state index in [1.165, 1.54) is 32.2 Å². The van der Waals surface area contributed by atoms with Crippen LogP contribution in [0.3, 0.4) is 0 Å². The lowest BCUT2D eigenvalue weighted by molar-refractivity contribution is -0.154. The number of nitrogens with one attached hydrogen (secondary N) is 1. The summed E-state index contributed by atoms with van der Waals surface area (Å²) < 4.78 is 84.8. The molecule has 0 aromatic carbocycles. The Morgan fingerprint density at radius 2 is 1.93 bits per heavy atom. The summed E-state index contributed by atoms with van der Waals surface area (Å²) in [7, 11) is 0. The number of hydrogen-bond acceptors (Lipinski definition) is 8. The van der Waals surface area contributed by atoms with Gasteiger partial charge in [-0.05, 0) is 51.7 Å². The Morgan fingerprint density at radius 3 is 2.55 bits per heavy atom. The predicted octanol–water partition coefficient (Wildman–Crippen LogP) is 3.78. The van der Waals surface area contributed by atoms with Gasteiger partial charge in [0.2, 0.25) is 11.8 Å². The van der Waals surface area contributed by atoms with Crippen molar-refractivity contribution in [3.8, 4) is 5.88 Å². The van der Waals surface area contributed by atoms with Crippen molar-refractivity contribution < 1.29 is 36.2 Å². The molecule has 2 aromatic rings. The van der Waals surface area contributed by atoms with E-state index in [0.29, 0.717) is 31.5 Å². The van der Waals surface area contributed by atoms with E-state index in [2.05, 4.69) is 20.4 Å². The molecule has 2 aromatic heterocycles. The number of piperidine rings is 1. The number of alkyl halides is 6. The average molecular weight is 576 g/mol. The van der Waals surface area contributed by atoms with Gasteiger partial charge in [-0.25, -0.2) is 0 Å². The van der Waals surface area contributed by atoms with Gasteiger partial charge in [0.05, 0.1) is 11.6 Å². The molecule has 2 bridgehead atoms. The van der Waals surface area contributed by atoms with E-state index in [1.807, 2.05) is 4.90 Å². The summed E-state index contributed by atoms with van der Waals surface area (Å²) in [6.45, 7) is 4.00. The van der Waals surface area contributed by atoms with E-state index in [0.717, 1.165) is 4.52 Å². The Labute approximate surface area is 226 Å². The van der Waals surface area contributed by atoms with Gasteiger partial charge in [-0.3, -0.25) is 9.89 Å². The van der Waals surface area contributed by atoms with Crippen LogP contribution in [0.4, 0.5) is 32.3 Å². The van der Waals surface area contributed by atoms with Gasteiger partial charge in [-0.2, -0.15) is 35.8 Å². The van der Waals surface area contributed by atoms with Gasteiger partial charge in [-0.1, -0.05) is 0 Å². The molecule has 2 fully saturated rings. The second kappa shape index (κ2) is 9.31. The van der Waals surface area contributed by atoms with Gasteiger partial charge < -0.3 is 20.9 Å². The Morgan fingerprint density at radius 1 is 1.20 bits per heavy atom. The van der Waals surface area contributed by atoms with Gasteiger partial charge in [-0.15, -0.1) is 5.10 Å². The fourth-order valence-electron chi connectivity index (χ4n) is 5.98. The number of rotatable bonds is 6. The Bertz CT molecular complexity index is 1350. The van der Waals surface area contributed by atoms with Crippen LogP contribution in [-0.4, -0.2) is 79.5 Å². The van der Waals surface area contributed by atoms with Crippen LogP contribution in [0.5, 0.6) is 5.88 Å². The Balaban J connectivity index is 1.40. The standard InChI is InChI=1S/C25H31F6N7O2/c1-21(2,39)15-4-5-17(40-13-24(26,27)28)38-19(15)35-20(36-38)34-18-14-6-7-23(18,32)12-37(11-14)22(3)8-9-33-16(10-22)25(29,30)31/h4-5,8-9,14,18,39H,6-7,10-13,32H2,1-3H3,(H,34,36)/t14-,18-,22?,23-/m0/s1. The molecule has 4 N–H and O–H groups in total. The van der Waals surface area contributed by atoms with Gasteiger partial charge >= 0.3 is 12.4 Å². The van der Waals surface area contributed by atoms with Crippen LogP contribution in [-0.2, 0) is 5.60 Å². The first-order valence-electron chi connectivity index (χ1n) is 12.8. The first kappa shape index (κ1) is 28.6. The maximum absolute atomic E-state index is 13.4. The number of aromatic nitrogens is 3. The molecule has 5 rings (SSSR count). The zero-order chi connectivity index (χ0) is 29.3. The van der Waals surface area contributed by atoms with Crippen LogP contribution >= 0.6 is 0 Å². The smallest absolute Gasteiger partial charge is 0.429 e. The molecule has 1 saturated carbocycles. The zero-order valence-electron chi connectivity index (χ0n) is 22.1. The second-order valence-electron chi connectivity index (χ2n) is 11.7. The molecule has 9 nitrogen and oxygen atoms in total. The lowest BCUT2D eigenvalue weighted by atomic mass is 9.81. The molecule has 15 heteroatoms. The third kappa shape index (κ3) is 5.38. The van der Waals surface area contributed by atoms with Crippen molar-refractivity contribution in [1.82, 2.24) is 19.5 Å². The fourth-order valence-corrected chi connectivity index (χ4v) is 5.98. The number of aliphatic imine (C=N–C) groups is 1. The molecule has 4 heterocycles. The average Bonchev–Trinajstić information content (AvgIpc) is 3.31. The van der Waals surface area contributed by atoms with Gasteiger partial charge in [0.15, 0.2) is 12.3 Å². The molecule has 2 aliphatic heterocycles. The highest BCUT2D eigenvalue weighted by molar-refractivity contribution is 5.92. The lowest BCUT2D eigenvalue weighted by Crippen LogP contribution is -2.68. The number of hydrogen-bond donors (Lipinski definition) is 3. The van der Waals surface area contributed by atoms with Crippen LogP contribution in [0, 0.1) is 5.92 Å². The van der Waals surface area contributed by atoms with Crippen molar-refractivity contribution in [3.63, 3.8) is 0 Å². The monoisotopic (exact) mass is 575 g/mol. The Hall–Kier alpha value is -2.91. The molecule has 0 radical (unpaired) electrons. The fraction of sp³-hybridized carbons (Fsp3) is 0.640.